The van der Waals surface area contributed by atoms with Crippen molar-refractivity contribution in [2.75, 3.05) is 26.4 Å². The van der Waals surface area contributed by atoms with E-state index in [2.05, 4.69) is 79.9 Å². The van der Waals surface area contributed by atoms with Crippen LogP contribution in [-0.4, -0.2) is 193 Å². The second-order valence-corrected chi connectivity index (χ2v) is 18.6. The summed E-state index contributed by atoms with van der Waals surface area (Å²) in [6.45, 7) is 1.44. The van der Waals surface area contributed by atoms with E-state index in [1.54, 1.807) is 12.2 Å². The first kappa shape index (κ1) is 63.5. The van der Waals surface area contributed by atoms with E-state index in [1.807, 2.05) is 0 Å². The molecule has 0 aliphatic carbocycles. The number of carbonyl (C=O) groups is 1. The Morgan fingerprint density at radius 3 is 1.56 bits per heavy atom. The number of unbranched alkanes of at least 4 members (excludes halogenated alkanes) is 9. The quantitative estimate of drug-likeness (QED) is 0.0320. The standard InChI is InChI=1S/C53H89NO18/c1-3-5-7-9-11-13-14-15-16-17-18-19-20-21-22-23-25-27-29-31-41(59)54-36(37(58)30-28-26-24-12-10-8-6-4-2)35-67-51-47(65)44(62)49(39(33-56)69-51)72-53-48(66)45(63)50(40(34-57)70-53)71-52-46(64)43(61)42(60)38(32-55)68-52/h5,7,10-13,15-16,18-19,28,30,36-40,42-53,55-58,60-66H,3-4,6,8-9,14,17,20-27,29,31-35H2,1-2H3,(H,54,59)/b7-5-,12-10+,13-11-,16-15-,19-18-,30-28+. The Hall–Kier alpha value is -2.77. The summed E-state index contributed by atoms with van der Waals surface area (Å²) in [4.78, 5) is 13.2. The molecule has 19 nitrogen and oxygen atoms in total. The highest BCUT2D eigenvalue weighted by Crippen LogP contribution is 2.33. The Balaban J connectivity index is 1.52. The zero-order valence-electron chi connectivity index (χ0n) is 42.4. The van der Waals surface area contributed by atoms with E-state index in [4.69, 9.17) is 28.4 Å². The Morgan fingerprint density at radius 1 is 0.514 bits per heavy atom. The first-order valence-electron chi connectivity index (χ1n) is 26.2. The first-order chi connectivity index (χ1) is 34.8. The van der Waals surface area contributed by atoms with Gasteiger partial charge in [-0.3, -0.25) is 4.79 Å². The predicted molar refractivity (Wildman–Crippen MR) is 268 cm³/mol. The van der Waals surface area contributed by atoms with Gasteiger partial charge in [-0.05, 0) is 64.2 Å². The van der Waals surface area contributed by atoms with E-state index in [1.165, 1.54) is 0 Å². The monoisotopic (exact) mass is 1030 g/mol. The van der Waals surface area contributed by atoms with Crippen molar-refractivity contribution in [1.82, 2.24) is 5.32 Å². The summed E-state index contributed by atoms with van der Waals surface area (Å²) in [6, 6.07) is -0.998. The summed E-state index contributed by atoms with van der Waals surface area (Å²) in [5, 5.41) is 119. The van der Waals surface area contributed by atoms with Crippen LogP contribution in [0.15, 0.2) is 72.9 Å². The Bertz CT molecular complexity index is 1610. The molecule has 19 heteroatoms. The summed E-state index contributed by atoms with van der Waals surface area (Å²) < 4.78 is 34.0. The molecular weight excluding hydrogens is 939 g/mol. The molecule has 3 rings (SSSR count). The summed E-state index contributed by atoms with van der Waals surface area (Å²) in [5.74, 6) is -0.309. The van der Waals surface area contributed by atoms with Crippen LogP contribution < -0.4 is 5.32 Å². The number of aliphatic hydroxyl groups excluding tert-OH is 11. The molecule has 72 heavy (non-hydrogen) atoms. The number of hydrogen-bond donors (Lipinski definition) is 12. The average molecular weight is 1030 g/mol. The maximum atomic E-state index is 13.2. The van der Waals surface area contributed by atoms with Crippen LogP contribution >= 0.6 is 0 Å². The van der Waals surface area contributed by atoms with Gasteiger partial charge < -0.3 is 89.9 Å². The van der Waals surface area contributed by atoms with Gasteiger partial charge in [0.05, 0.1) is 38.6 Å². The van der Waals surface area contributed by atoms with E-state index in [9.17, 15) is 61.0 Å². The molecule has 0 aromatic heterocycles. The van der Waals surface area contributed by atoms with Crippen LogP contribution in [0.1, 0.15) is 123 Å². The molecule has 0 radical (unpaired) electrons. The van der Waals surface area contributed by atoms with Gasteiger partial charge in [0.1, 0.15) is 73.2 Å². The van der Waals surface area contributed by atoms with Crippen molar-refractivity contribution < 1.29 is 89.4 Å². The molecular formula is C53H89NO18. The number of hydrogen-bond acceptors (Lipinski definition) is 18. The fourth-order valence-electron chi connectivity index (χ4n) is 8.36. The lowest BCUT2D eigenvalue weighted by Crippen LogP contribution is -2.66. The van der Waals surface area contributed by atoms with Gasteiger partial charge in [-0.25, -0.2) is 0 Å². The third-order valence-corrected chi connectivity index (χ3v) is 12.7. The molecule has 3 aliphatic heterocycles. The normalized spacial score (nSPS) is 32.6. The minimum atomic E-state index is -1.98. The lowest BCUT2D eigenvalue weighted by atomic mass is 9.96. The number of allylic oxidation sites excluding steroid dienone is 11. The highest BCUT2D eigenvalue weighted by Gasteiger charge is 2.53. The largest absolute Gasteiger partial charge is 0.394 e. The van der Waals surface area contributed by atoms with Gasteiger partial charge in [-0.1, -0.05) is 125 Å². The number of carbonyl (C=O) groups excluding carboxylic acids is 1. The Morgan fingerprint density at radius 2 is 0.972 bits per heavy atom. The molecule has 0 aromatic carbocycles. The minimum absolute atomic E-state index is 0.214. The fourth-order valence-corrected chi connectivity index (χ4v) is 8.36. The molecule has 414 valence electrons. The van der Waals surface area contributed by atoms with Crippen LogP contribution in [0, 0.1) is 0 Å². The SMILES string of the molecule is CC/C=C\C/C=C\C/C=C\C/C=C\CCCCCCCCC(=O)NC(COC1OC(CO)C(OC2OC(CO)C(OC3OC(CO)C(O)C(O)C3O)C(O)C2O)C(O)C1O)C(O)/C=C/CC/C=C/CCCC. The van der Waals surface area contributed by atoms with Crippen molar-refractivity contribution >= 4 is 5.91 Å². The van der Waals surface area contributed by atoms with Crippen molar-refractivity contribution in [2.45, 2.75) is 227 Å². The minimum Gasteiger partial charge on any atom is -0.394 e. The van der Waals surface area contributed by atoms with E-state index < -0.39 is 124 Å². The van der Waals surface area contributed by atoms with Gasteiger partial charge in [-0.2, -0.15) is 0 Å². The summed E-state index contributed by atoms with van der Waals surface area (Å²) in [7, 11) is 0. The number of rotatable bonds is 35. The molecule has 0 aromatic rings. The molecule has 17 atom stereocenters. The van der Waals surface area contributed by atoms with Crippen LogP contribution in [0.3, 0.4) is 0 Å². The van der Waals surface area contributed by atoms with Gasteiger partial charge in [-0.15, -0.1) is 0 Å². The van der Waals surface area contributed by atoms with Crippen LogP contribution in [0.4, 0.5) is 0 Å². The van der Waals surface area contributed by atoms with E-state index >= 15 is 0 Å². The van der Waals surface area contributed by atoms with Gasteiger partial charge in [0.15, 0.2) is 18.9 Å². The Labute approximate surface area is 426 Å². The van der Waals surface area contributed by atoms with Gasteiger partial charge in [0.25, 0.3) is 0 Å². The van der Waals surface area contributed by atoms with E-state index in [0.29, 0.717) is 12.8 Å². The van der Waals surface area contributed by atoms with Crippen LogP contribution in [0.2, 0.25) is 0 Å². The molecule has 3 fully saturated rings. The number of aliphatic hydroxyl groups is 11. The number of ether oxygens (including phenoxy) is 6. The molecule has 3 aliphatic rings. The smallest absolute Gasteiger partial charge is 0.220 e. The maximum Gasteiger partial charge on any atom is 0.220 e. The first-order valence-corrected chi connectivity index (χ1v) is 26.2. The maximum absolute atomic E-state index is 13.2. The molecule has 17 unspecified atom stereocenters. The summed E-state index contributed by atoms with van der Waals surface area (Å²) in [6.07, 6.45) is 13.6. The highest BCUT2D eigenvalue weighted by molar-refractivity contribution is 5.76. The van der Waals surface area contributed by atoms with Crippen molar-refractivity contribution in [3.05, 3.63) is 72.9 Å². The second kappa shape index (κ2) is 37.1. The van der Waals surface area contributed by atoms with Crippen molar-refractivity contribution in [3.8, 4) is 0 Å². The molecule has 3 saturated heterocycles. The zero-order valence-corrected chi connectivity index (χ0v) is 42.4. The molecule has 0 saturated carbocycles. The third kappa shape index (κ3) is 22.2. The molecule has 1 amide bonds. The molecule has 0 bridgehead atoms. The number of nitrogens with one attached hydrogen (secondary N) is 1. The average Bonchev–Trinajstić information content (AvgIpc) is 3.37. The predicted octanol–water partition coefficient (Wildman–Crippen LogP) is 2.31. The topological polar surface area (TPSA) is 307 Å². The van der Waals surface area contributed by atoms with Crippen molar-refractivity contribution in [3.63, 3.8) is 0 Å². The second-order valence-electron chi connectivity index (χ2n) is 18.6. The van der Waals surface area contributed by atoms with Gasteiger partial charge in [0.2, 0.25) is 5.91 Å². The van der Waals surface area contributed by atoms with Crippen LogP contribution in [0.5, 0.6) is 0 Å². The Kier molecular flexibility index (Phi) is 32.7. The van der Waals surface area contributed by atoms with E-state index in [0.717, 1.165) is 89.9 Å². The van der Waals surface area contributed by atoms with Gasteiger partial charge >= 0.3 is 0 Å². The fraction of sp³-hybridized carbons (Fsp3) is 0.755. The van der Waals surface area contributed by atoms with Crippen LogP contribution in [0.25, 0.3) is 0 Å². The highest BCUT2D eigenvalue weighted by atomic mass is 16.8. The molecule has 0 spiro atoms. The number of amides is 1. The lowest BCUT2D eigenvalue weighted by Gasteiger charge is -2.48. The molecule has 3 heterocycles. The summed E-state index contributed by atoms with van der Waals surface area (Å²) in [5.41, 5.74) is 0. The third-order valence-electron chi connectivity index (χ3n) is 12.7. The van der Waals surface area contributed by atoms with Crippen molar-refractivity contribution in [1.29, 1.82) is 0 Å². The molecule has 12 N–H and O–H groups in total. The van der Waals surface area contributed by atoms with Crippen LogP contribution in [-0.2, 0) is 33.2 Å². The summed E-state index contributed by atoms with van der Waals surface area (Å²) >= 11 is 0. The van der Waals surface area contributed by atoms with E-state index in [-0.39, 0.29) is 18.9 Å². The lowest BCUT2D eigenvalue weighted by molar-refractivity contribution is -0.379. The van der Waals surface area contributed by atoms with Crippen molar-refractivity contribution in [2.24, 2.45) is 0 Å². The van der Waals surface area contributed by atoms with Gasteiger partial charge in [0, 0.05) is 6.42 Å². The zero-order chi connectivity index (χ0) is 52.7.